The summed E-state index contributed by atoms with van der Waals surface area (Å²) in [5.74, 6) is 1.54. The first-order chi connectivity index (χ1) is 7.63. The minimum Gasteiger partial charge on any atom is -0.312 e. The van der Waals surface area contributed by atoms with Gasteiger partial charge in [-0.15, -0.1) is 0 Å². The Labute approximate surface area is 106 Å². The standard InChI is InChI=1S/C13H27NO2S/c1-10-6-7-12(8-11(10)2)14-9-13(3,4)17(5,15)16/h10-12,14H,6-9H2,1-5H3. The summed E-state index contributed by atoms with van der Waals surface area (Å²) < 4.78 is 22.5. The molecule has 0 aromatic rings. The summed E-state index contributed by atoms with van der Waals surface area (Å²) in [6, 6.07) is 0.488. The van der Waals surface area contributed by atoms with E-state index in [2.05, 4.69) is 19.2 Å². The van der Waals surface area contributed by atoms with Gasteiger partial charge in [0.05, 0.1) is 4.75 Å². The van der Waals surface area contributed by atoms with E-state index in [1.165, 1.54) is 25.5 Å². The molecule has 0 heterocycles. The van der Waals surface area contributed by atoms with Crippen molar-refractivity contribution in [1.29, 1.82) is 0 Å². The van der Waals surface area contributed by atoms with Gasteiger partial charge in [0.1, 0.15) is 0 Å². The highest BCUT2D eigenvalue weighted by molar-refractivity contribution is 7.92. The molecule has 3 unspecified atom stereocenters. The molecule has 4 heteroatoms. The minimum absolute atomic E-state index is 0.488. The van der Waals surface area contributed by atoms with E-state index in [-0.39, 0.29) is 0 Å². The zero-order chi connectivity index (χ0) is 13.3. The summed E-state index contributed by atoms with van der Waals surface area (Å²) in [5, 5.41) is 3.44. The Kier molecular flexibility index (Phi) is 4.64. The van der Waals surface area contributed by atoms with Gasteiger partial charge in [-0.25, -0.2) is 8.42 Å². The average Bonchev–Trinajstić information content (AvgIpc) is 2.18. The molecule has 0 bridgehead atoms. The third-order valence-corrected chi connectivity index (χ3v) is 6.57. The highest BCUT2D eigenvalue weighted by Gasteiger charge is 2.32. The second-order valence-corrected chi connectivity index (χ2v) is 9.03. The first kappa shape index (κ1) is 15.0. The van der Waals surface area contributed by atoms with Crippen LogP contribution in [0.2, 0.25) is 0 Å². The van der Waals surface area contributed by atoms with Crippen LogP contribution in [0.5, 0.6) is 0 Å². The molecule has 17 heavy (non-hydrogen) atoms. The number of hydrogen-bond donors (Lipinski definition) is 1. The zero-order valence-electron chi connectivity index (χ0n) is 11.8. The smallest absolute Gasteiger partial charge is 0.153 e. The van der Waals surface area contributed by atoms with Crippen LogP contribution in [0.25, 0.3) is 0 Å². The highest BCUT2D eigenvalue weighted by atomic mass is 32.2. The Bertz CT molecular complexity index is 348. The monoisotopic (exact) mass is 261 g/mol. The second kappa shape index (κ2) is 5.27. The van der Waals surface area contributed by atoms with E-state index in [1.54, 1.807) is 13.8 Å². The predicted molar refractivity (Wildman–Crippen MR) is 72.9 cm³/mol. The summed E-state index contributed by atoms with van der Waals surface area (Å²) in [4.78, 5) is 0. The quantitative estimate of drug-likeness (QED) is 0.844. The lowest BCUT2D eigenvalue weighted by Crippen LogP contribution is -2.47. The molecule has 0 aromatic heterocycles. The molecule has 1 saturated carbocycles. The molecular weight excluding hydrogens is 234 g/mol. The molecular formula is C13H27NO2S. The van der Waals surface area contributed by atoms with Gasteiger partial charge in [0.25, 0.3) is 0 Å². The average molecular weight is 261 g/mol. The van der Waals surface area contributed by atoms with Crippen LogP contribution in [0.1, 0.15) is 47.0 Å². The lowest BCUT2D eigenvalue weighted by molar-refractivity contribution is 0.224. The Morgan fingerprint density at radius 3 is 2.24 bits per heavy atom. The normalized spacial score (nSPS) is 31.5. The van der Waals surface area contributed by atoms with Crippen LogP contribution in [0, 0.1) is 11.8 Å². The molecule has 0 spiro atoms. The Balaban J connectivity index is 2.47. The minimum atomic E-state index is -2.99. The van der Waals surface area contributed by atoms with Crippen LogP contribution in [-0.4, -0.2) is 32.0 Å². The van der Waals surface area contributed by atoms with E-state index in [0.29, 0.717) is 12.6 Å². The van der Waals surface area contributed by atoms with Crippen molar-refractivity contribution in [3.8, 4) is 0 Å². The Morgan fingerprint density at radius 2 is 1.76 bits per heavy atom. The molecule has 0 aromatic carbocycles. The summed E-state index contributed by atoms with van der Waals surface area (Å²) in [6.07, 6.45) is 4.91. The largest absolute Gasteiger partial charge is 0.312 e. The van der Waals surface area contributed by atoms with Crippen molar-refractivity contribution < 1.29 is 8.42 Å². The fraction of sp³-hybridized carbons (Fsp3) is 1.00. The van der Waals surface area contributed by atoms with Crippen LogP contribution in [0.15, 0.2) is 0 Å². The van der Waals surface area contributed by atoms with Crippen LogP contribution in [-0.2, 0) is 9.84 Å². The highest BCUT2D eigenvalue weighted by Crippen LogP contribution is 2.29. The van der Waals surface area contributed by atoms with Gasteiger partial charge in [0.2, 0.25) is 0 Å². The first-order valence-corrected chi connectivity index (χ1v) is 8.45. The van der Waals surface area contributed by atoms with Crippen molar-refractivity contribution in [1.82, 2.24) is 5.32 Å². The molecule has 0 saturated heterocycles. The van der Waals surface area contributed by atoms with Gasteiger partial charge < -0.3 is 5.32 Å². The van der Waals surface area contributed by atoms with E-state index >= 15 is 0 Å². The van der Waals surface area contributed by atoms with E-state index in [0.717, 1.165) is 11.8 Å². The third kappa shape index (κ3) is 3.95. The number of nitrogens with one attached hydrogen (secondary N) is 1. The molecule has 102 valence electrons. The predicted octanol–water partition coefficient (Wildman–Crippen LogP) is 2.22. The zero-order valence-corrected chi connectivity index (χ0v) is 12.6. The van der Waals surface area contributed by atoms with Crippen LogP contribution >= 0.6 is 0 Å². The van der Waals surface area contributed by atoms with Gasteiger partial charge in [-0.1, -0.05) is 13.8 Å². The van der Waals surface area contributed by atoms with E-state index in [9.17, 15) is 8.42 Å². The maximum Gasteiger partial charge on any atom is 0.153 e. The third-order valence-electron chi connectivity index (χ3n) is 4.42. The summed E-state index contributed by atoms with van der Waals surface area (Å²) in [7, 11) is -2.99. The molecule has 3 atom stereocenters. The number of hydrogen-bond acceptors (Lipinski definition) is 3. The van der Waals surface area contributed by atoms with Gasteiger partial charge in [-0.05, 0) is 44.9 Å². The van der Waals surface area contributed by atoms with Crippen molar-refractivity contribution in [2.24, 2.45) is 11.8 Å². The molecule has 1 aliphatic rings. The maximum atomic E-state index is 11.6. The molecule has 3 nitrogen and oxygen atoms in total. The second-order valence-electron chi connectivity index (χ2n) is 6.38. The molecule has 0 amide bonds. The fourth-order valence-electron chi connectivity index (χ4n) is 2.25. The van der Waals surface area contributed by atoms with Crippen molar-refractivity contribution in [3.05, 3.63) is 0 Å². The molecule has 0 radical (unpaired) electrons. The fourth-order valence-corrected chi connectivity index (χ4v) is 2.60. The Hall–Kier alpha value is -0.0900. The first-order valence-electron chi connectivity index (χ1n) is 6.56. The number of rotatable bonds is 4. The van der Waals surface area contributed by atoms with Crippen LogP contribution in [0.3, 0.4) is 0 Å². The molecule has 1 N–H and O–H groups in total. The topological polar surface area (TPSA) is 46.2 Å². The van der Waals surface area contributed by atoms with Gasteiger partial charge in [-0.3, -0.25) is 0 Å². The SMILES string of the molecule is CC1CCC(NCC(C)(C)S(C)(=O)=O)CC1C. The summed E-state index contributed by atoms with van der Waals surface area (Å²) >= 11 is 0. The lowest BCUT2D eigenvalue weighted by Gasteiger charge is -2.34. The van der Waals surface area contributed by atoms with E-state index in [1.807, 2.05) is 0 Å². The van der Waals surface area contributed by atoms with Gasteiger partial charge in [0.15, 0.2) is 9.84 Å². The van der Waals surface area contributed by atoms with E-state index < -0.39 is 14.6 Å². The molecule has 1 rings (SSSR count). The molecule has 1 fully saturated rings. The maximum absolute atomic E-state index is 11.6. The van der Waals surface area contributed by atoms with Crippen LogP contribution in [0.4, 0.5) is 0 Å². The number of sulfone groups is 1. The Morgan fingerprint density at radius 1 is 1.18 bits per heavy atom. The molecule has 1 aliphatic carbocycles. The lowest BCUT2D eigenvalue weighted by atomic mass is 9.79. The summed E-state index contributed by atoms with van der Waals surface area (Å²) in [5.41, 5.74) is 0. The van der Waals surface area contributed by atoms with Gasteiger partial charge in [-0.2, -0.15) is 0 Å². The van der Waals surface area contributed by atoms with E-state index in [4.69, 9.17) is 0 Å². The van der Waals surface area contributed by atoms with Crippen molar-refractivity contribution >= 4 is 9.84 Å². The van der Waals surface area contributed by atoms with Gasteiger partial charge >= 0.3 is 0 Å². The molecule has 0 aliphatic heterocycles. The van der Waals surface area contributed by atoms with Gasteiger partial charge in [0, 0.05) is 18.8 Å². The van der Waals surface area contributed by atoms with Crippen molar-refractivity contribution in [3.63, 3.8) is 0 Å². The van der Waals surface area contributed by atoms with Crippen LogP contribution < -0.4 is 5.32 Å². The summed E-state index contributed by atoms with van der Waals surface area (Å²) in [6.45, 7) is 8.74. The van der Waals surface area contributed by atoms with Crippen molar-refractivity contribution in [2.45, 2.75) is 57.7 Å². The van der Waals surface area contributed by atoms with Crippen molar-refractivity contribution in [2.75, 3.05) is 12.8 Å².